The number of benzene rings is 1. The number of amides is 1. The van der Waals surface area contributed by atoms with E-state index in [2.05, 4.69) is 5.32 Å². The van der Waals surface area contributed by atoms with Crippen LogP contribution in [-0.2, 0) is 0 Å². The second-order valence-corrected chi connectivity index (χ2v) is 4.88. The smallest absolute Gasteiger partial charge is 0.270 e. The summed E-state index contributed by atoms with van der Waals surface area (Å²) in [5.41, 5.74) is 0.708. The lowest BCUT2D eigenvalue weighted by atomic mass is 10.1. The molecule has 1 amide bonds. The molecule has 0 aliphatic rings. The van der Waals surface area contributed by atoms with Gasteiger partial charge in [0.15, 0.2) is 0 Å². The van der Waals surface area contributed by atoms with E-state index in [1.165, 1.54) is 23.1 Å². The summed E-state index contributed by atoms with van der Waals surface area (Å²) in [5, 5.41) is 23.2. The lowest BCUT2D eigenvalue weighted by Gasteiger charge is -2.20. The third-order valence-corrected chi connectivity index (χ3v) is 3.04. The molecule has 1 aromatic carbocycles. The fourth-order valence-corrected chi connectivity index (χ4v) is 1.85. The number of non-ortho nitro benzene ring substituents is 1. The largest absolute Gasteiger partial charge is 0.393 e. The number of nitro groups is 1. The van der Waals surface area contributed by atoms with Gasteiger partial charge >= 0.3 is 0 Å². The van der Waals surface area contributed by atoms with Gasteiger partial charge in [-0.05, 0) is 26.3 Å². The molecule has 0 fully saturated rings. The van der Waals surface area contributed by atoms with Gasteiger partial charge in [0.25, 0.3) is 11.6 Å². The van der Waals surface area contributed by atoms with Crippen LogP contribution < -0.4 is 5.32 Å². The van der Waals surface area contributed by atoms with Crippen LogP contribution in [0.1, 0.15) is 30.6 Å². The number of hydrogen-bond acceptors (Lipinski definition) is 5. The molecular weight excluding hydrogens is 274 g/mol. The summed E-state index contributed by atoms with van der Waals surface area (Å²) >= 11 is 0. The molecule has 0 saturated heterocycles. The molecule has 0 aliphatic heterocycles. The van der Waals surface area contributed by atoms with Gasteiger partial charge < -0.3 is 15.3 Å². The van der Waals surface area contributed by atoms with E-state index in [4.69, 9.17) is 0 Å². The molecule has 116 valence electrons. The Morgan fingerprint density at radius 1 is 1.52 bits per heavy atom. The predicted molar refractivity (Wildman–Crippen MR) is 80.5 cm³/mol. The van der Waals surface area contributed by atoms with Crippen LogP contribution in [-0.4, -0.2) is 47.1 Å². The van der Waals surface area contributed by atoms with E-state index in [-0.39, 0.29) is 17.2 Å². The second-order valence-electron chi connectivity index (χ2n) is 4.88. The van der Waals surface area contributed by atoms with Crippen molar-refractivity contribution in [3.05, 3.63) is 33.9 Å². The molecule has 0 bridgehead atoms. The number of aliphatic hydroxyl groups is 1. The van der Waals surface area contributed by atoms with Crippen molar-refractivity contribution in [2.45, 2.75) is 26.4 Å². The first-order valence-electron chi connectivity index (χ1n) is 6.82. The van der Waals surface area contributed by atoms with Crippen molar-refractivity contribution in [2.75, 3.05) is 25.5 Å². The molecule has 0 saturated carbocycles. The molecule has 1 rings (SSSR count). The third-order valence-electron chi connectivity index (χ3n) is 3.04. The summed E-state index contributed by atoms with van der Waals surface area (Å²) in [6.07, 6.45) is -0.0492. The molecule has 1 aromatic rings. The van der Waals surface area contributed by atoms with E-state index in [1.807, 2.05) is 6.92 Å². The van der Waals surface area contributed by atoms with Gasteiger partial charge in [0.2, 0.25) is 0 Å². The first-order chi connectivity index (χ1) is 9.86. The summed E-state index contributed by atoms with van der Waals surface area (Å²) < 4.78 is 0. The van der Waals surface area contributed by atoms with Gasteiger partial charge in [-0.1, -0.05) is 0 Å². The molecule has 0 aromatic heterocycles. The van der Waals surface area contributed by atoms with E-state index in [0.29, 0.717) is 25.2 Å². The molecule has 2 N–H and O–H groups in total. The highest BCUT2D eigenvalue weighted by Crippen LogP contribution is 2.23. The SMILES string of the molecule is CCNc1ccc([N+](=O)[O-])cc1C(=O)N(C)CCC(C)O. The highest BCUT2D eigenvalue weighted by Gasteiger charge is 2.19. The Bertz CT molecular complexity index is 517. The van der Waals surface area contributed by atoms with Gasteiger partial charge in [-0.3, -0.25) is 14.9 Å². The average molecular weight is 295 g/mol. The Morgan fingerprint density at radius 2 is 2.19 bits per heavy atom. The number of aliphatic hydroxyl groups excluding tert-OH is 1. The first kappa shape index (κ1) is 16.9. The van der Waals surface area contributed by atoms with Crippen LogP contribution in [0.2, 0.25) is 0 Å². The molecule has 7 nitrogen and oxygen atoms in total. The number of nitrogens with one attached hydrogen (secondary N) is 1. The summed E-state index contributed by atoms with van der Waals surface area (Å²) in [7, 11) is 1.61. The maximum Gasteiger partial charge on any atom is 0.270 e. The molecule has 21 heavy (non-hydrogen) atoms. The van der Waals surface area contributed by atoms with Crippen LogP contribution in [0.25, 0.3) is 0 Å². The van der Waals surface area contributed by atoms with E-state index < -0.39 is 11.0 Å². The number of nitrogens with zero attached hydrogens (tertiary/aromatic N) is 2. The fourth-order valence-electron chi connectivity index (χ4n) is 1.85. The quantitative estimate of drug-likeness (QED) is 0.591. The lowest BCUT2D eigenvalue weighted by Crippen LogP contribution is -2.30. The van der Waals surface area contributed by atoms with Crippen molar-refractivity contribution >= 4 is 17.3 Å². The van der Waals surface area contributed by atoms with Crippen LogP contribution in [0, 0.1) is 10.1 Å². The summed E-state index contributed by atoms with van der Waals surface area (Å²) in [5.74, 6) is -0.310. The highest BCUT2D eigenvalue weighted by molar-refractivity contribution is 6.00. The van der Waals surface area contributed by atoms with Gasteiger partial charge in [0.05, 0.1) is 16.6 Å². The minimum atomic E-state index is -0.525. The Labute approximate surface area is 123 Å². The fraction of sp³-hybridized carbons (Fsp3) is 0.500. The average Bonchev–Trinajstić information content (AvgIpc) is 2.44. The van der Waals surface area contributed by atoms with Crippen LogP contribution in [0.5, 0.6) is 0 Å². The van der Waals surface area contributed by atoms with Gasteiger partial charge in [-0.2, -0.15) is 0 Å². The number of hydrogen-bond donors (Lipinski definition) is 2. The van der Waals surface area contributed by atoms with Crippen LogP contribution in [0.15, 0.2) is 18.2 Å². The molecule has 7 heteroatoms. The first-order valence-corrected chi connectivity index (χ1v) is 6.82. The van der Waals surface area contributed by atoms with E-state index in [0.717, 1.165) is 0 Å². The van der Waals surface area contributed by atoms with Gasteiger partial charge in [0.1, 0.15) is 0 Å². The summed E-state index contributed by atoms with van der Waals surface area (Å²) in [4.78, 5) is 24.2. The van der Waals surface area contributed by atoms with Crippen LogP contribution in [0.4, 0.5) is 11.4 Å². The lowest BCUT2D eigenvalue weighted by molar-refractivity contribution is -0.384. The standard InChI is InChI=1S/C14H21N3O4/c1-4-15-13-6-5-11(17(20)21)9-12(13)14(19)16(3)8-7-10(2)18/h5-6,9-10,15,18H,4,7-8H2,1-3H3. The molecule has 1 atom stereocenters. The molecule has 1 unspecified atom stereocenters. The number of nitro benzene ring substituents is 1. The van der Waals surface area contributed by atoms with Crippen molar-refractivity contribution in [3.8, 4) is 0 Å². The normalized spacial score (nSPS) is 11.8. The van der Waals surface area contributed by atoms with Crippen molar-refractivity contribution < 1.29 is 14.8 Å². The monoisotopic (exact) mass is 295 g/mol. The Morgan fingerprint density at radius 3 is 2.71 bits per heavy atom. The number of rotatable bonds is 7. The predicted octanol–water partition coefficient (Wildman–Crippen LogP) is 1.87. The van der Waals surface area contributed by atoms with Crippen LogP contribution >= 0.6 is 0 Å². The molecule has 0 radical (unpaired) electrons. The van der Waals surface area contributed by atoms with Crippen molar-refractivity contribution in [2.24, 2.45) is 0 Å². The topological polar surface area (TPSA) is 95.7 Å². The zero-order chi connectivity index (χ0) is 16.0. The maximum absolute atomic E-state index is 12.4. The number of carbonyl (C=O) groups excluding carboxylic acids is 1. The molecular formula is C14H21N3O4. The van der Waals surface area contributed by atoms with Crippen molar-refractivity contribution in [3.63, 3.8) is 0 Å². The third kappa shape index (κ3) is 4.71. The number of anilines is 1. The Kier molecular flexibility index (Phi) is 6.10. The summed E-state index contributed by atoms with van der Waals surface area (Å²) in [6, 6.07) is 4.18. The minimum absolute atomic E-state index is 0.121. The Hall–Kier alpha value is -2.15. The zero-order valence-electron chi connectivity index (χ0n) is 12.5. The Balaban J connectivity index is 3.03. The second kappa shape index (κ2) is 7.58. The molecule has 0 aliphatic carbocycles. The van der Waals surface area contributed by atoms with Crippen molar-refractivity contribution in [1.29, 1.82) is 0 Å². The minimum Gasteiger partial charge on any atom is -0.393 e. The van der Waals surface area contributed by atoms with Gasteiger partial charge in [-0.25, -0.2) is 0 Å². The summed E-state index contributed by atoms with van der Waals surface area (Å²) in [6.45, 7) is 4.52. The molecule has 0 heterocycles. The highest BCUT2D eigenvalue weighted by atomic mass is 16.6. The van der Waals surface area contributed by atoms with E-state index in [1.54, 1.807) is 14.0 Å². The van der Waals surface area contributed by atoms with Gasteiger partial charge in [-0.15, -0.1) is 0 Å². The maximum atomic E-state index is 12.4. The van der Waals surface area contributed by atoms with E-state index in [9.17, 15) is 20.0 Å². The molecule has 0 spiro atoms. The van der Waals surface area contributed by atoms with Gasteiger partial charge in [0, 0.05) is 38.0 Å². The van der Waals surface area contributed by atoms with E-state index >= 15 is 0 Å². The van der Waals surface area contributed by atoms with Crippen molar-refractivity contribution in [1.82, 2.24) is 4.90 Å². The zero-order valence-corrected chi connectivity index (χ0v) is 12.5. The number of carbonyl (C=O) groups is 1. The van der Waals surface area contributed by atoms with Crippen LogP contribution in [0.3, 0.4) is 0 Å².